The predicted octanol–water partition coefficient (Wildman–Crippen LogP) is 1.42. The average Bonchev–Trinajstić information content (AvgIpc) is 2.96. The van der Waals surface area contributed by atoms with Crippen molar-refractivity contribution in [2.24, 2.45) is 5.92 Å². The number of hydrogen-bond acceptors (Lipinski definition) is 2. The highest BCUT2D eigenvalue weighted by Crippen LogP contribution is 2.17. The van der Waals surface area contributed by atoms with Gasteiger partial charge in [-0.25, -0.2) is 4.98 Å². The molecule has 1 aromatic rings. The van der Waals surface area contributed by atoms with Crippen LogP contribution in [0.25, 0.3) is 0 Å². The molecule has 0 saturated carbocycles. The molecule has 2 rings (SSSR count). The molecule has 1 aliphatic carbocycles. The Morgan fingerprint density at radius 2 is 2.31 bits per heavy atom. The van der Waals surface area contributed by atoms with Gasteiger partial charge in [-0.2, -0.15) is 0 Å². The van der Waals surface area contributed by atoms with Crippen LogP contribution in [-0.4, -0.2) is 22.4 Å². The van der Waals surface area contributed by atoms with Crippen LogP contribution < -0.4 is 5.32 Å². The van der Waals surface area contributed by atoms with Crippen molar-refractivity contribution in [2.45, 2.75) is 25.7 Å². The minimum Gasteiger partial charge on any atom is -0.356 e. The van der Waals surface area contributed by atoms with Gasteiger partial charge in [-0.15, -0.1) is 0 Å². The smallest absolute Gasteiger partial charge is 0.223 e. The van der Waals surface area contributed by atoms with E-state index in [1.165, 1.54) is 0 Å². The van der Waals surface area contributed by atoms with Crippen molar-refractivity contribution in [3.8, 4) is 0 Å². The van der Waals surface area contributed by atoms with Gasteiger partial charge in [0.1, 0.15) is 5.82 Å². The summed E-state index contributed by atoms with van der Waals surface area (Å²) in [6, 6.07) is 0. The molecule has 0 fully saturated rings. The number of allylic oxidation sites excluding steroid dienone is 2. The van der Waals surface area contributed by atoms with E-state index in [-0.39, 0.29) is 11.8 Å². The molecule has 0 unspecified atom stereocenters. The van der Waals surface area contributed by atoms with Crippen LogP contribution in [0.1, 0.15) is 25.1 Å². The van der Waals surface area contributed by atoms with Crippen molar-refractivity contribution in [1.82, 2.24) is 15.3 Å². The van der Waals surface area contributed by atoms with Crippen LogP contribution in [0.2, 0.25) is 0 Å². The first kappa shape index (κ1) is 10.9. The van der Waals surface area contributed by atoms with Crippen molar-refractivity contribution in [3.63, 3.8) is 0 Å². The number of hydrogen-bond donors (Lipinski definition) is 2. The Kier molecular flexibility index (Phi) is 3.75. The number of amides is 1. The first-order valence-electron chi connectivity index (χ1n) is 5.77. The molecule has 0 bridgehead atoms. The van der Waals surface area contributed by atoms with Gasteiger partial charge in [0.15, 0.2) is 0 Å². The molecule has 2 N–H and O–H groups in total. The second-order valence-electron chi connectivity index (χ2n) is 4.07. The van der Waals surface area contributed by atoms with Crippen LogP contribution in [0.15, 0.2) is 24.5 Å². The van der Waals surface area contributed by atoms with E-state index in [1.807, 2.05) is 6.20 Å². The van der Waals surface area contributed by atoms with Crippen LogP contribution in [0.5, 0.6) is 0 Å². The second-order valence-corrected chi connectivity index (χ2v) is 4.07. The summed E-state index contributed by atoms with van der Waals surface area (Å²) in [5, 5.41) is 2.97. The van der Waals surface area contributed by atoms with E-state index in [9.17, 15) is 4.79 Å². The summed E-state index contributed by atoms with van der Waals surface area (Å²) in [5.74, 6) is 1.34. The lowest BCUT2D eigenvalue weighted by Gasteiger charge is -2.09. The van der Waals surface area contributed by atoms with Crippen LogP contribution >= 0.6 is 0 Å². The van der Waals surface area contributed by atoms with E-state index < -0.39 is 0 Å². The number of rotatable bonds is 5. The van der Waals surface area contributed by atoms with Gasteiger partial charge in [0.05, 0.1) is 0 Å². The summed E-state index contributed by atoms with van der Waals surface area (Å²) in [4.78, 5) is 18.8. The summed E-state index contributed by atoms with van der Waals surface area (Å²) in [5.41, 5.74) is 0. The molecule has 86 valence electrons. The van der Waals surface area contributed by atoms with E-state index in [0.29, 0.717) is 0 Å². The van der Waals surface area contributed by atoms with E-state index >= 15 is 0 Å². The number of aryl methyl sites for hydroxylation is 1. The number of H-pyrrole nitrogens is 1. The summed E-state index contributed by atoms with van der Waals surface area (Å²) in [7, 11) is 0. The number of aromatic nitrogens is 2. The molecule has 1 amide bonds. The predicted molar refractivity (Wildman–Crippen MR) is 61.8 cm³/mol. The van der Waals surface area contributed by atoms with Crippen LogP contribution in [0.3, 0.4) is 0 Å². The normalized spacial score (nSPS) is 15.5. The molecule has 0 saturated heterocycles. The fourth-order valence-electron chi connectivity index (χ4n) is 1.88. The number of aromatic amines is 1. The van der Waals surface area contributed by atoms with Gasteiger partial charge in [0.25, 0.3) is 0 Å². The van der Waals surface area contributed by atoms with Gasteiger partial charge in [-0.05, 0) is 19.3 Å². The number of imidazole rings is 1. The maximum atomic E-state index is 11.6. The van der Waals surface area contributed by atoms with E-state index in [0.717, 1.165) is 38.1 Å². The Hall–Kier alpha value is -1.58. The minimum atomic E-state index is 0.170. The van der Waals surface area contributed by atoms with Crippen LogP contribution in [0, 0.1) is 5.92 Å². The van der Waals surface area contributed by atoms with E-state index in [2.05, 4.69) is 27.4 Å². The highest BCUT2D eigenvalue weighted by atomic mass is 16.1. The second kappa shape index (κ2) is 5.49. The zero-order valence-corrected chi connectivity index (χ0v) is 9.28. The van der Waals surface area contributed by atoms with Crippen molar-refractivity contribution in [1.29, 1.82) is 0 Å². The van der Waals surface area contributed by atoms with Gasteiger partial charge >= 0.3 is 0 Å². The van der Waals surface area contributed by atoms with Crippen molar-refractivity contribution in [3.05, 3.63) is 30.4 Å². The van der Waals surface area contributed by atoms with Gasteiger partial charge in [0.2, 0.25) is 5.91 Å². The number of carbonyl (C=O) groups excluding carboxylic acids is 1. The van der Waals surface area contributed by atoms with Crippen molar-refractivity contribution >= 4 is 5.91 Å². The lowest BCUT2D eigenvalue weighted by atomic mass is 10.1. The Labute approximate surface area is 95.2 Å². The molecule has 0 atom stereocenters. The third-order valence-corrected chi connectivity index (χ3v) is 2.82. The van der Waals surface area contributed by atoms with Gasteiger partial charge in [-0.3, -0.25) is 4.79 Å². The summed E-state index contributed by atoms with van der Waals surface area (Å²) in [6.45, 7) is 0.732. The molecular weight excluding hydrogens is 202 g/mol. The number of carbonyl (C=O) groups is 1. The molecule has 4 nitrogen and oxygen atoms in total. The fourth-order valence-corrected chi connectivity index (χ4v) is 1.88. The average molecular weight is 219 g/mol. The third kappa shape index (κ3) is 2.95. The quantitative estimate of drug-likeness (QED) is 0.581. The Balaban J connectivity index is 1.59. The lowest BCUT2D eigenvalue weighted by molar-refractivity contribution is -0.124. The van der Waals surface area contributed by atoms with Gasteiger partial charge < -0.3 is 10.3 Å². The molecule has 1 heterocycles. The highest BCUT2D eigenvalue weighted by Gasteiger charge is 2.18. The van der Waals surface area contributed by atoms with Crippen LogP contribution in [0.4, 0.5) is 0 Å². The summed E-state index contributed by atoms with van der Waals surface area (Å²) < 4.78 is 0. The standard InChI is InChI=1S/C12H17N3O/c16-12(10-4-1-2-5-10)15-7-3-6-11-13-8-9-14-11/h1-2,8-10H,3-7H2,(H,13,14)(H,15,16). The van der Waals surface area contributed by atoms with Gasteiger partial charge in [-0.1, -0.05) is 12.2 Å². The lowest BCUT2D eigenvalue weighted by Crippen LogP contribution is -2.30. The molecule has 0 aliphatic heterocycles. The Morgan fingerprint density at radius 1 is 1.50 bits per heavy atom. The molecule has 16 heavy (non-hydrogen) atoms. The number of nitrogens with zero attached hydrogens (tertiary/aromatic N) is 1. The largest absolute Gasteiger partial charge is 0.356 e. The SMILES string of the molecule is O=C(NCCCc1ncc[nH]1)C1CC=CC1. The molecule has 1 aliphatic rings. The minimum absolute atomic E-state index is 0.170. The van der Waals surface area contributed by atoms with E-state index in [1.54, 1.807) is 6.20 Å². The monoisotopic (exact) mass is 219 g/mol. The molecule has 4 heteroatoms. The Morgan fingerprint density at radius 3 is 3.00 bits per heavy atom. The first-order valence-corrected chi connectivity index (χ1v) is 5.77. The topological polar surface area (TPSA) is 57.8 Å². The summed E-state index contributed by atoms with van der Waals surface area (Å²) in [6.07, 6.45) is 11.3. The Bertz CT molecular complexity index is 348. The van der Waals surface area contributed by atoms with Crippen LogP contribution in [-0.2, 0) is 11.2 Å². The maximum absolute atomic E-state index is 11.6. The van der Waals surface area contributed by atoms with Gasteiger partial charge in [0, 0.05) is 31.3 Å². The number of nitrogens with one attached hydrogen (secondary N) is 2. The molecule has 0 radical (unpaired) electrons. The van der Waals surface area contributed by atoms with Crippen molar-refractivity contribution < 1.29 is 4.79 Å². The molecule has 0 aromatic carbocycles. The first-order chi connectivity index (χ1) is 7.86. The highest BCUT2D eigenvalue weighted by molar-refractivity contribution is 5.79. The molecule has 0 spiro atoms. The summed E-state index contributed by atoms with van der Waals surface area (Å²) >= 11 is 0. The molecule has 1 aromatic heterocycles. The maximum Gasteiger partial charge on any atom is 0.223 e. The van der Waals surface area contributed by atoms with E-state index in [4.69, 9.17) is 0 Å². The van der Waals surface area contributed by atoms with Crippen molar-refractivity contribution in [2.75, 3.05) is 6.54 Å². The zero-order chi connectivity index (χ0) is 11.2. The third-order valence-electron chi connectivity index (χ3n) is 2.82. The molecular formula is C12H17N3O. The fraction of sp³-hybridized carbons (Fsp3) is 0.500. The zero-order valence-electron chi connectivity index (χ0n) is 9.28.